The maximum atomic E-state index is 12.3. The van der Waals surface area contributed by atoms with Crippen LogP contribution in [0.5, 0.6) is 0 Å². The first-order valence-electron chi connectivity index (χ1n) is 7.95. The summed E-state index contributed by atoms with van der Waals surface area (Å²) in [4.78, 5) is 14.2. The van der Waals surface area contributed by atoms with Crippen molar-refractivity contribution in [1.82, 2.24) is 10.2 Å². The van der Waals surface area contributed by atoms with Crippen LogP contribution in [0.25, 0.3) is 0 Å². The average Bonchev–Trinajstić information content (AvgIpc) is 3.19. The van der Waals surface area contributed by atoms with Gasteiger partial charge in [0.25, 0.3) is 0 Å². The Balaban J connectivity index is 1.49. The fourth-order valence-electron chi connectivity index (χ4n) is 3.26. The number of furan rings is 1. The monoisotopic (exact) mass is 308 g/mol. The predicted octanol–water partition coefficient (Wildman–Crippen LogP) is 2.53. The fraction of sp³-hybridized carbons (Fsp3) is 0.688. The van der Waals surface area contributed by atoms with Gasteiger partial charge in [-0.3, -0.25) is 0 Å². The molecule has 3 rings (SSSR count). The third-order valence-corrected chi connectivity index (χ3v) is 4.69. The zero-order valence-electron chi connectivity index (χ0n) is 13.2. The first-order chi connectivity index (χ1) is 10.6. The third-order valence-electron chi connectivity index (χ3n) is 4.69. The first kappa shape index (κ1) is 15.4. The van der Waals surface area contributed by atoms with Crippen LogP contribution >= 0.6 is 0 Å². The molecule has 1 N–H and O–H groups in total. The molecule has 122 valence electrons. The molecule has 0 saturated carbocycles. The molecule has 0 aliphatic carbocycles. The van der Waals surface area contributed by atoms with E-state index in [1.54, 1.807) is 6.26 Å². The van der Waals surface area contributed by atoms with Crippen molar-refractivity contribution in [3.05, 3.63) is 24.2 Å². The molecule has 0 bridgehead atoms. The van der Waals surface area contributed by atoms with E-state index >= 15 is 0 Å². The van der Waals surface area contributed by atoms with Crippen LogP contribution in [0.1, 0.15) is 38.5 Å². The number of piperidine rings is 1. The Morgan fingerprint density at radius 2 is 2.05 bits per heavy atom. The lowest BCUT2D eigenvalue weighted by atomic mass is 9.89. The molecule has 0 aromatic carbocycles. The molecule has 2 aliphatic heterocycles. The minimum atomic E-state index is -0.468. The lowest BCUT2D eigenvalue weighted by Crippen LogP contribution is -2.49. The van der Waals surface area contributed by atoms with Gasteiger partial charge in [-0.05, 0) is 38.8 Å². The molecule has 2 aliphatic rings. The Labute approximate surface area is 130 Å². The van der Waals surface area contributed by atoms with Gasteiger partial charge in [0.1, 0.15) is 5.76 Å². The van der Waals surface area contributed by atoms with Gasteiger partial charge in [0.2, 0.25) is 0 Å². The van der Waals surface area contributed by atoms with Crippen LogP contribution in [-0.2, 0) is 9.47 Å². The number of urea groups is 1. The van der Waals surface area contributed by atoms with Crippen LogP contribution in [-0.4, -0.2) is 43.0 Å². The van der Waals surface area contributed by atoms with E-state index in [-0.39, 0.29) is 12.1 Å². The second-order valence-corrected chi connectivity index (χ2v) is 6.16. The molecular formula is C16H24N2O4. The van der Waals surface area contributed by atoms with Crippen molar-refractivity contribution in [2.24, 2.45) is 5.92 Å². The summed E-state index contributed by atoms with van der Waals surface area (Å²) < 4.78 is 16.8. The van der Waals surface area contributed by atoms with Gasteiger partial charge in [-0.25, -0.2) is 4.79 Å². The number of ether oxygens (including phenoxy) is 2. The minimum Gasteiger partial charge on any atom is -0.467 e. The van der Waals surface area contributed by atoms with Crippen LogP contribution in [0.2, 0.25) is 0 Å². The smallest absolute Gasteiger partial charge is 0.317 e. The van der Waals surface area contributed by atoms with Crippen molar-refractivity contribution in [2.45, 2.75) is 38.5 Å². The fourth-order valence-corrected chi connectivity index (χ4v) is 3.26. The number of carbonyl (C=O) groups excluding carboxylic acids is 1. The van der Waals surface area contributed by atoms with Gasteiger partial charge < -0.3 is 24.1 Å². The van der Waals surface area contributed by atoms with Crippen LogP contribution in [0, 0.1) is 5.92 Å². The molecule has 2 fully saturated rings. The maximum Gasteiger partial charge on any atom is 0.317 e. The van der Waals surface area contributed by atoms with Crippen LogP contribution in [0.3, 0.4) is 0 Å². The minimum absolute atomic E-state index is 0.0410. The summed E-state index contributed by atoms with van der Waals surface area (Å²) in [6.45, 7) is 6.72. The second kappa shape index (κ2) is 6.30. The molecule has 6 nitrogen and oxygen atoms in total. The van der Waals surface area contributed by atoms with E-state index in [0.29, 0.717) is 19.1 Å². The van der Waals surface area contributed by atoms with E-state index in [9.17, 15) is 4.79 Å². The highest BCUT2D eigenvalue weighted by Gasteiger charge is 2.41. The number of nitrogens with one attached hydrogen (secondary N) is 1. The quantitative estimate of drug-likeness (QED) is 0.932. The van der Waals surface area contributed by atoms with E-state index in [0.717, 1.165) is 31.7 Å². The van der Waals surface area contributed by atoms with Crippen LogP contribution in [0.15, 0.2) is 22.8 Å². The zero-order chi connectivity index (χ0) is 15.6. The molecule has 1 aromatic rings. The summed E-state index contributed by atoms with van der Waals surface area (Å²) in [5, 5.41) is 2.98. The van der Waals surface area contributed by atoms with E-state index in [4.69, 9.17) is 13.9 Å². The van der Waals surface area contributed by atoms with Gasteiger partial charge in [-0.2, -0.15) is 0 Å². The predicted molar refractivity (Wildman–Crippen MR) is 80.3 cm³/mol. The summed E-state index contributed by atoms with van der Waals surface area (Å²) in [6, 6.07) is 3.53. The van der Waals surface area contributed by atoms with Gasteiger partial charge in [0.15, 0.2) is 5.79 Å². The number of likely N-dealkylation sites (tertiary alicyclic amines) is 1. The Morgan fingerprint density at radius 1 is 1.36 bits per heavy atom. The lowest BCUT2D eigenvalue weighted by Gasteiger charge is -2.39. The van der Waals surface area contributed by atoms with Crippen molar-refractivity contribution in [2.75, 3.05) is 26.3 Å². The average molecular weight is 308 g/mol. The molecular weight excluding hydrogens is 284 g/mol. The third kappa shape index (κ3) is 3.13. The van der Waals surface area contributed by atoms with Crippen molar-refractivity contribution in [3.8, 4) is 0 Å². The molecule has 1 aromatic heterocycles. The summed E-state index contributed by atoms with van der Waals surface area (Å²) >= 11 is 0. The molecule has 0 radical (unpaired) electrons. The first-order valence-corrected chi connectivity index (χ1v) is 7.95. The van der Waals surface area contributed by atoms with E-state index in [1.165, 1.54) is 0 Å². The summed E-state index contributed by atoms with van der Waals surface area (Å²) in [5.74, 6) is 0.648. The summed E-state index contributed by atoms with van der Waals surface area (Å²) in [6.07, 6.45) is 3.42. The van der Waals surface area contributed by atoms with Gasteiger partial charge >= 0.3 is 6.03 Å². The zero-order valence-corrected chi connectivity index (χ0v) is 13.2. The Bertz CT molecular complexity index is 488. The van der Waals surface area contributed by atoms with Crippen molar-refractivity contribution in [3.63, 3.8) is 0 Å². The standard InChI is InChI=1S/C16H24N2O4/c1-12(14-4-3-9-20-14)17-15(19)18-7-5-13(6-8-18)16(2)21-10-11-22-16/h3-4,9,12-13H,5-8,10-11H2,1-2H3,(H,17,19). The maximum absolute atomic E-state index is 12.3. The number of amides is 2. The van der Waals surface area contributed by atoms with Crippen LogP contribution < -0.4 is 5.32 Å². The SMILES string of the molecule is CC(NC(=O)N1CCC(C2(C)OCCO2)CC1)c1ccco1. The summed E-state index contributed by atoms with van der Waals surface area (Å²) in [7, 11) is 0. The highest BCUT2D eigenvalue weighted by Crippen LogP contribution is 2.35. The normalized spacial score (nSPS) is 23.5. The second-order valence-electron chi connectivity index (χ2n) is 6.16. The van der Waals surface area contributed by atoms with Gasteiger partial charge in [0.05, 0.1) is 25.5 Å². The molecule has 1 atom stereocenters. The van der Waals surface area contributed by atoms with Crippen molar-refractivity contribution in [1.29, 1.82) is 0 Å². The summed E-state index contributed by atoms with van der Waals surface area (Å²) in [5.41, 5.74) is 0. The highest BCUT2D eigenvalue weighted by molar-refractivity contribution is 5.74. The largest absolute Gasteiger partial charge is 0.467 e. The van der Waals surface area contributed by atoms with Crippen molar-refractivity contribution >= 4 is 6.03 Å². The lowest BCUT2D eigenvalue weighted by molar-refractivity contribution is -0.189. The van der Waals surface area contributed by atoms with E-state index < -0.39 is 5.79 Å². The van der Waals surface area contributed by atoms with Crippen molar-refractivity contribution < 1.29 is 18.7 Å². The van der Waals surface area contributed by atoms with Crippen LogP contribution in [0.4, 0.5) is 4.79 Å². The molecule has 0 spiro atoms. The Kier molecular flexibility index (Phi) is 4.40. The molecule has 2 saturated heterocycles. The Hall–Kier alpha value is -1.53. The number of rotatable bonds is 3. The Morgan fingerprint density at radius 3 is 2.64 bits per heavy atom. The number of carbonyl (C=O) groups is 1. The van der Waals surface area contributed by atoms with E-state index in [2.05, 4.69) is 5.32 Å². The molecule has 3 heterocycles. The molecule has 22 heavy (non-hydrogen) atoms. The molecule has 2 amide bonds. The van der Waals surface area contributed by atoms with Gasteiger partial charge in [-0.15, -0.1) is 0 Å². The number of hydrogen-bond acceptors (Lipinski definition) is 4. The topological polar surface area (TPSA) is 63.9 Å². The van der Waals surface area contributed by atoms with Gasteiger partial charge in [-0.1, -0.05) is 0 Å². The van der Waals surface area contributed by atoms with Gasteiger partial charge in [0, 0.05) is 19.0 Å². The highest BCUT2D eigenvalue weighted by atomic mass is 16.7. The number of nitrogens with zero attached hydrogens (tertiary/aromatic N) is 1. The van der Waals surface area contributed by atoms with E-state index in [1.807, 2.05) is 30.9 Å². The number of hydrogen-bond donors (Lipinski definition) is 1. The molecule has 1 unspecified atom stereocenters. The molecule has 6 heteroatoms.